The number of para-hydroxylation sites is 2. The summed E-state index contributed by atoms with van der Waals surface area (Å²) in [6.45, 7) is 6.80. The number of rotatable bonds is 1. The van der Waals surface area contributed by atoms with E-state index in [1.807, 2.05) is 0 Å². The second-order valence-electron chi connectivity index (χ2n) is 6.02. The van der Waals surface area contributed by atoms with E-state index in [1.54, 1.807) is 0 Å². The zero-order valence-corrected chi connectivity index (χ0v) is 11.7. The van der Waals surface area contributed by atoms with Crippen LogP contribution in [0, 0.1) is 0 Å². The van der Waals surface area contributed by atoms with E-state index in [2.05, 4.69) is 86.1 Å². The fourth-order valence-corrected chi connectivity index (χ4v) is 2.58. The molecule has 19 heavy (non-hydrogen) atoms. The first-order valence-electron chi connectivity index (χ1n) is 6.73. The van der Waals surface area contributed by atoms with Crippen molar-refractivity contribution < 1.29 is 0 Å². The van der Waals surface area contributed by atoms with Gasteiger partial charge in [-0.25, -0.2) is 0 Å². The predicted molar refractivity (Wildman–Crippen MR) is 82.0 cm³/mol. The molecule has 0 bridgehead atoms. The first kappa shape index (κ1) is 12.0. The number of hydrogen-bond donors (Lipinski definition) is 0. The van der Waals surface area contributed by atoms with Crippen LogP contribution >= 0.6 is 0 Å². The van der Waals surface area contributed by atoms with E-state index in [1.165, 1.54) is 22.2 Å². The summed E-state index contributed by atoms with van der Waals surface area (Å²) >= 11 is 0. The summed E-state index contributed by atoms with van der Waals surface area (Å²) in [5.74, 6) is 0. The topological polar surface area (TPSA) is 4.93 Å². The summed E-state index contributed by atoms with van der Waals surface area (Å²) < 4.78 is 2.29. The lowest BCUT2D eigenvalue weighted by Gasteiger charge is -2.17. The summed E-state index contributed by atoms with van der Waals surface area (Å²) in [4.78, 5) is 0. The number of fused-ring (bicyclic) bond motifs is 1. The third kappa shape index (κ3) is 2.06. The van der Waals surface area contributed by atoms with Gasteiger partial charge in [-0.3, -0.25) is 0 Å². The molecule has 1 aromatic heterocycles. The molecule has 96 valence electrons. The molecule has 0 saturated carbocycles. The lowest BCUT2D eigenvalue weighted by atomic mass is 9.87. The largest absolute Gasteiger partial charge is 0.316 e. The molecule has 1 heteroatoms. The molecule has 0 radical (unpaired) electrons. The highest BCUT2D eigenvalue weighted by Gasteiger charge is 2.20. The Balaban J connectivity index is 2.33. The van der Waals surface area contributed by atoms with Gasteiger partial charge in [-0.05, 0) is 29.2 Å². The van der Waals surface area contributed by atoms with Crippen LogP contribution in [0.1, 0.15) is 26.3 Å². The SMILES string of the molecule is CC(C)(C)c1cn(-c2ccccc2)c2ccccc12. The highest BCUT2D eigenvalue weighted by atomic mass is 15.0. The molecule has 1 heterocycles. The van der Waals surface area contributed by atoms with Crippen molar-refractivity contribution in [2.45, 2.75) is 26.2 Å². The molecule has 0 fully saturated rings. The Morgan fingerprint density at radius 2 is 1.42 bits per heavy atom. The van der Waals surface area contributed by atoms with Gasteiger partial charge in [-0.2, -0.15) is 0 Å². The molecule has 0 saturated heterocycles. The van der Waals surface area contributed by atoms with Gasteiger partial charge in [0, 0.05) is 17.3 Å². The smallest absolute Gasteiger partial charge is 0.0531 e. The van der Waals surface area contributed by atoms with Crippen LogP contribution in [0.25, 0.3) is 16.6 Å². The van der Waals surface area contributed by atoms with Gasteiger partial charge in [-0.1, -0.05) is 57.2 Å². The summed E-state index contributed by atoms with van der Waals surface area (Å²) in [5.41, 5.74) is 4.04. The maximum absolute atomic E-state index is 2.29. The Morgan fingerprint density at radius 1 is 0.789 bits per heavy atom. The second kappa shape index (κ2) is 4.27. The van der Waals surface area contributed by atoms with Crippen molar-refractivity contribution in [2.24, 2.45) is 0 Å². The Kier molecular flexibility index (Phi) is 2.70. The minimum atomic E-state index is 0.152. The molecule has 0 unspecified atom stereocenters. The molecular formula is C18H19N. The van der Waals surface area contributed by atoms with Crippen LogP contribution in [-0.2, 0) is 5.41 Å². The molecule has 0 spiro atoms. The van der Waals surface area contributed by atoms with Crippen molar-refractivity contribution in [3.63, 3.8) is 0 Å². The van der Waals surface area contributed by atoms with Crippen LogP contribution in [0.15, 0.2) is 60.8 Å². The van der Waals surface area contributed by atoms with Gasteiger partial charge in [-0.15, -0.1) is 0 Å². The lowest BCUT2D eigenvalue weighted by Crippen LogP contribution is -2.10. The summed E-state index contributed by atoms with van der Waals surface area (Å²) in [5, 5.41) is 1.35. The van der Waals surface area contributed by atoms with E-state index in [9.17, 15) is 0 Å². The van der Waals surface area contributed by atoms with Gasteiger partial charge < -0.3 is 4.57 Å². The molecule has 0 atom stereocenters. The fraction of sp³-hybridized carbons (Fsp3) is 0.222. The standard InChI is InChI=1S/C18H19N/c1-18(2,3)16-13-19(14-9-5-4-6-10-14)17-12-8-7-11-15(16)17/h4-13H,1-3H3. The zero-order chi connectivity index (χ0) is 13.5. The van der Waals surface area contributed by atoms with Crippen LogP contribution < -0.4 is 0 Å². The zero-order valence-electron chi connectivity index (χ0n) is 11.7. The van der Waals surface area contributed by atoms with Gasteiger partial charge >= 0.3 is 0 Å². The van der Waals surface area contributed by atoms with E-state index in [-0.39, 0.29) is 5.41 Å². The number of benzene rings is 2. The third-order valence-corrected chi connectivity index (χ3v) is 3.55. The third-order valence-electron chi connectivity index (χ3n) is 3.55. The van der Waals surface area contributed by atoms with Crippen LogP contribution in [0.5, 0.6) is 0 Å². The fourth-order valence-electron chi connectivity index (χ4n) is 2.58. The Morgan fingerprint density at radius 3 is 2.11 bits per heavy atom. The number of nitrogens with zero attached hydrogens (tertiary/aromatic N) is 1. The lowest BCUT2D eigenvalue weighted by molar-refractivity contribution is 0.594. The van der Waals surface area contributed by atoms with Crippen molar-refractivity contribution >= 4 is 10.9 Å². The minimum absolute atomic E-state index is 0.152. The van der Waals surface area contributed by atoms with E-state index >= 15 is 0 Å². The van der Waals surface area contributed by atoms with Crippen LogP contribution in [-0.4, -0.2) is 4.57 Å². The molecule has 0 aliphatic heterocycles. The van der Waals surface area contributed by atoms with E-state index < -0.39 is 0 Å². The average molecular weight is 249 g/mol. The molecule has 0 N–H and O–H groups in total. The summed E-state index contributed by atoms with van der Waals surface area (Å²) in [7, 11) is 0. The molecule has 0 aliphatic carbocycles. The average Bonchev–Trinajstić information content (AvgIpc) is 2.79. The first-order chi connectivity index (χ1) is 9.07. The molecule has 3 rings (SSSR count). The second-order valence-corrected chi connectivity index (χ2v) is 6.02. The van der Waals surface area contributed by atoms with Crippen molar-refractivity contribution in [3.8, 4) is 5.69 Å². The van der Waals surface area contributed by atoms with Crippen LogP contribution in [0.4, 0.5) is 0 Å². The highest BCUT2D eigenvalue weighted by molar-refractivity contribution is 5.86. The summed E-state index contributed by atoms with van der Waals surface area (Å²) in [6.07, 6.45) is 2.28. The van der Waals surface area contributed by atoms with Crippen molar-refractivity contribution in [1.82, 2.24) is 4.57 Å². The number of hydrogen-bond acceptors (Lipinski definition) is 0. The van der Waals surface area contributed by atoms with E-state index in [0.717, 1.165) is 0 Å². The molecule has 1 nitrogen and oxygen atoms in total. The molecule has 3 aromatic rings. The minimum Gasteiger partial charge on any atom is -0.316 e. The Bertz CT molecular complexity index is 699. The molecular weight excluding hydrogens is 230 g/mol. The predicted octanol–water partition coefficient (Wildman–Crippen LogP) is 4.93. The van der Waals surface area contributed by atoms with Crippen molar-refractivity contribution in [2.75, 3.05) is 0 Å². The van der Waals surface area contributed by atoms with Gasteiger partial charge in [0.1, 0.15) is 0 Å². The van der Waals surface area contributed by atoms with Crippen molar-refractivity contribution in [3.05, 3.63) is 66.4 Å². The molecule has 0 amide bonds. The molecule has 0 aliphatic rings. The maximum atomic E-state index is 2.29. The van der Waals surface area contributed by atoms with E-state index in [4.69, 9.17) is 0 Å². The van der Waals surface area contributed by atoms with Gasteiger partial charge in [0.25, 0.3) is 0 Å². The van der Waals surface area contributed by atoms with Crippen molar-refractivity contribution in [1.29, 1.82) is 0 Å². The monoisotopic (exact) mass is 249 g/mol. The maximum Gasteiger partial charge on any atom is 0.0531 e. The van der Waals surface area contributed by atoms with Crippen LogP contribution in [0.3, 0.4) is 0 Å². The normalized spacial score (nSPS) is 11.9. The van der Waals surface area contributed by atoms with Gasteiger partial charge in [0.15, 0.2) is 0 Å². The van der Waals surface area contributed by atoms with Gasteiger partial charge in [0.2, 0.25) is 0 Å². The highest BCUT2D eigenvalue weighted by Crippen LogP contribution is 2.33. The molecule has 2 aromatic carbocycles. The van der Waals surface area contributed by atoms with E-state index in [0.29, 0.717) is 0 Å². The quantitative estimate of drug-likeness (QED) is 0.576. The number of aromatic nitrogens is 1. The first-order valence-corrected chi connectivity index (χ1v) is 6.73. The van der Waals surface area contributed by atoms with Gasteiger partial charge in [0.05, 0.1) is 5.52 Å². The Hall–Kier alpha value is -2.02. The Labute approximate surface area is 114 Å². The van der Waals surface area contributed by atoms with Crippen LogP contribution in [0.2, 0.25) is 0 Å². The summed E-state index contributed by atoms with van der Waals surface area (Å²) in [6, 6.07) is 19.2.